The number of carbonyl (C=O) groups is 1. The SMILES string of the molecule is C=CC(=O)NCC1CCCN1. The summed E-state index contributed by atoms with van der Waals surface area (Å²) in [7, 11) is 0. The van der Waals surface area contributed by atoms with Crippen molar-refractivity contribution in [1.29, 1.82) is 0 Å². The Hall–Kier alpha value is -0.830. The molecule has 1 aliphatic rings. The van der Waals surface area contributed by atoms with Crippen molar-refractivity contribution in [1.82, 2.24) is 10.6 Å². The third-order valence-corrected chi connectivity index (χ3v) is 1.87. The lowest BCUT2D eigenvalue weighted by atomic mass is 10.2. The lowest BCUT2D eigenvalue weighted by Crippen LogP contribution is -2.36. The Bertz CT molecular complexity index is 150. The molecule has 1 fully saturated rings. The Kier molecular flexibility index (Phi) is 3.11. The molecule has 1 saturated heterocycles. The zero-order valence-electron chi connectivity index (χ0n) is 6.60. The average molecular weight is 154 g/mol. The van der Waals surface area contributed by atoms with Crippen LogP contribution in [0.3, 0.4) is 0 Å². The summed E-state index contributed by atoms with van der Waals surface area (Å²) in [5, 5.41) is 6.04. The van der Waals surface area contributed by atoms with E-state index in [0.29, 0.717) is 6.04 Å². The van der Waals surface area contributed by atoms with Crippen molar-refractivity contribution in [2.24, 2.45) is 0 Å². The summed E-state index contributed by atoms with van der Waals surface area (Å²) in [5.41, 5.74) is 0. The van der Waals surface area contributed by atoms with Crippen molar-refractivity contribution < 1.29 is 4.79 Å². The molecular formula is C8H14N2O. The molecule has 0 aromatic rings. The first-order valence-corrected chi connectivity index (χ1v) is 3.96. The van der Waals surface area contributed by atoms with E-state index in [9.17, 15) is 4.79 Å². The number of hydrogen-bond acceptors (Lipinski definition) is 2. The van der Waals surface area contributed by atoms with Gasteiger partial charge in [-0.1, -0.05) is 6.58 Å². The second-order valence-corrected chi connectivity index (χ2v) is 2.74. The molecule has 3 nitrogen and oxygen atoms in total. The van der Waals surface area contributed by atoms with Gasteiger partial charge in [0.2, 0.25) is 5.91 Å². The lowest BCUT2D eigenvalue weighted by molar-refractivity contribution is -0.116. The topological polar surface area (TPSA) is 41.1 Å². The van der Waals surface area contributed by atoms with Crippen LogP contribution in [0.15, 0.2) is 12.7 Å². The molecule has 0 bridgehead atoms. The van der Waals surface area contributed by atoms with Gasteiger partial charge in [-0.15, -0.1) is 0 Å². The maximum atomic E-state index is 10.7. The zero-order chi connectivity index (χ0) is 8.10. The molecule has 1 atom stereocenters. The first-order valence-electron chi connectivity index (χ1n) is 3.96. The van der Waals surface area contributed by atoms with E-state index in [0.717, 1.165) is 19.5 Å². The fourth-order valence-electron chi connectivity index (χ4n) is 1.23. The molecule has 0 aromatic heterocycles. The summed E-state index contributed by atoms with van der Waals surface area (Å²) < 4.78 is 0. The van der Waals surface area contributed by atoms with Crippen LogP contribution >= 0.6 is 0 Å². The van der Waals surface area contributed by atoms with Crippen molar-refractivity contribution in [2.75, 3.05) is 13.1 Å². The van der Waals surface area contributed by atoms with E-state index in [-0.39, 0.29) is 5.91 Å². The van der Waals surface area contributed by atoms with Crippen LogP contribution in [0.5, 0.6) is 0 Å². The number of rotatable bonds is 3. The molecule has 1 heterocycles. The van der Waals surface area contributed by atoms with Crippen LogP contribution in [-0.2, 0) is 4.79 Å². The molecule has 0 radical (unpaired) electrons. The third kappa shape index (κ3) is 2.72. The van der Waals surface area contributed by atoms with Gasteiger partial charge in [0.15, 0.2) is 0 Å². The van der Waals surface area contributed by atoms with Crippen molar-refractivity contribution in [3.05, 3.63) is 12.7 Å². The number of amides is 1. The van der Waals surface area contributed by atoms with Crippen LogP contribution < -0.4 is 10.6 Å². The predicted molar refractivity (Wildman–Crippen MR) is 44.2 cm³/mol. The van der Waals surface area contributed by atoms with Gasteiger partial charge in [0.05, 0.1) is 0 Å². The van der Waals surface area contributed by atoms with Gasteiger partial charge in [-0.05, 0) is 25.5 Å². The highest BCUT2D eigenvalue weighted by molar-refractivity contribution is 5.86. The molecule has 1 aliphatic heterocycles. The number of hydrogen-bond donors (Lipinski definition) is 2. The first-order chi connectivity index (χ1) is 5.33. The van der Waals surface area contributed by atoms with Gasteiger partial charge in [-0.25, -0.2) is 0 Å². The highest BCUT2D eigenvalue weighted by atomic mass is 16.1. The molecule has 0 saturated carbocycles. The Labute approximate surface area is 66.9 Å². The van der Waals surface area contributed by atoms with E-state index in [2.05, 4.69) is 17.2 Å². The van der Waals surface area contributed by atoms with E-state index in [1.165, 1.54) is 12.5 Å². The highest BCUT2D eigenvalue weighted by Crippen LogP contribution is 2.02. The quantitative estimate of drug-likeness (QED) is 0.563. The summed E-state index contributed by atoms with van der Waals surface area (Å²) >= 11 is 0. The maximum absolute atomic E-state index is 10.7. The minimum Gasteiger partial charge on any atom is -0.351 e. The van der Waals surface area contributed by atoms with Gasteiger partial charge >= 0.3 is 0 Å². The van der Waals surface area contributed by atoms with Crippen LogP contribution in [0, 0.1) is 0 Å². The van der Waals surface area contributed by atoms with Crippen molar-refractivity contribution in [3.8, 4) is 0 Å². The van der Waals surface area contributed by atoms with E-state index in [1.807, 2.05) is 0 Å². The molecule has 2 N–H and O–H groups in total. The highest BCUT2D eigenvalue weighted by Gasteiger charge is 2.13. The van der Waals surface area contributed by atoms with Crippen LogP contribution in [0.4, 0.5) is 0 Å². The molecular weight excluding hydrogens is 140 g/mol. The normalized spacial score (nSPS) is 23.1. The van der Waals surface area contributed by atoms with E-state index >= 15 is 0 Å². The lowest BCUT2D eigenvalue weighted by Gasteiger charge is -2.09. The number of nitrogens with one attached hydrogen (secondary N) is 2. The molecule has 62 valence electrons. The van der Waals surface area contributed by atoms with E-state index < -0.39 is 0 Å². The zero-order valence-corrected chi connectivity index (χ0v) is 6.60. The Balaban J connectivity index is 2.10. The van der Waals surface area contributed by atoms with Crippen molar-refractivity contribution >= 4 is 5.91 Å². The summed E-state index contributed by atoms with van der Waals surface area (Å²) in [6.45, 7) is 5.18. The van der Waals surface area contributed by atoms with Crippen molar-refractivity contribution in [3.63, 3.8) is 0 Å². The molecule has 1 amide bonds. The fourth-order valence-corrected chi connectivity index (χ4v) is 1.23. The van der Waals surface area contributed by atoms with Gasteiger partial charge in [-0.2, -0.15) is 0 Å². The third-order valence-electron chi connectivity index (χ3n) is 1.87. The van der Waals surface area contributed by atoms with Crippen LogP contribution in [0.2, 0.25) is 0 Å². The van der Waals surface area contributed by atoms with Gasteiger partial charge in [0.25, 0.3) is 0 Å². The molecule has 0 aliphatic carbocycles. The van der Waals surface area contributed by atoms with Crippen LogP contribution in [-0.4, -0.2) is 25.0 Å². The average Bonchev–Trinajstić information content (AvgIpc) is 2.52. The minimum atomic E-state index is -0.0845. The van der Waals surface area contributed by atoms with Gasteiger partial charge in [-0.3, -0.25) is 4.79 Å². The van der Waals surface area contributed by atoms with E-state index in [1.54, 1.807) is 0 Å². The van der Waals surface area contributed by atoms with Gasteiger partial charge in [0, 0.05) is 12.6 Å². The first kappa shape index (κ1) is 8.27. The summed E-state index contributed by atoms with van der Waals surface area (Å²) in [6.07, 6.45) is 3.68. The van der Waals surface area contributed by atoms with E-state index in [4.69, 9.17) is 0 Å². The van der Waals surface area contributed by atoms with Crippen LogP contribution in [0.1, 0.15) is 12.8 Å². The van der Waals surface area contributed by atoms with Crippen LogP contribution in [0.25, 0.3) is 0 Å². The molecule has 1 rings (SSSR count). The Morgan fingerprint density at radius 1 is 1.82 bits per heavy atom. The molecule has 1 unspecified atom stereocenters. The minimum absolute atomic E-state index is 0.0845. The summed E-state index contributed by atoms with van der Waals surface area (Å²) in [5.74, 6) is -0.0845. The fraction of sp³-hybridized carbons (Fsp3) is 0.625. The largest absolute Gasteiger partial charge is 0.351 e. The molecule has 11 heavy (non-hydrogen) atoms. The van der Waals surface area contributed by atoms with Crippen molar-refractivity contribution in [2.45, 2.75) is 18.9 Å². The number of carbonyl (C=O) groups excluding carboxylic acids is 1. The summed E-state index contributed by atoms with van der Waals surface area (Å²) in [6, 6.07) is 0.471. The predicted octanol–water partition coefficient (Wildman–Crippen LogP) is 0.0406. The molecule has 3 heteroatoms. The second-order valence-electron chi connectivity index (χ2n) is 2.74. The van der Waals surface area contributed by atoms with Gasteiger partial charge < -0.3 is 10.6 Å². The maximum Gasteiger partial charge on any atom is 0.243 e. The Morgan fingerprint density at radius 3 is 3.18 bits per heavy atom. The molecule has 0 spiro atoms. The molecule has 0 aromatic carbocycles. The smallest absolute Gasteiger partial charge is 0.243 e. The second kappa shape index (κ2) is 4.13. The Morgan fingerprint density at radius 2 is 2.64 bits per heavy atom. The standard InChI is InChI=1S/C8H14N2O/c1-2-8(11)10-6-7-4-3-5-9-7/h2,7,9H,1,3-6H2,(H,10,11). The van der Waals surface area contributed by atoms with Gasteiger partial charge in [0.1, 0.15) is 0 Å². The monoisotopic (exact) mass is 154 g/mol. The summed E-state index contributed by atoms with van der Waals surface area (Å²) in [4.78, 5) is 10.7.